The summed E-state index contributed by atoms with van der Waals surface area (Å²) in [6, 6.07) is 18.1. The van der Waals surface area contributed by atoms with Crippen molar-refractivity contribution in [3.05, 3.63) is 105 Å². The summed E-state index contributed by atoms with van der Waals surface area (Å²) < 4.78 is 0. The van der Waals surface area contributed by atoms with Gasteiger partial charge in [0.1, 0.15) is 0 Å². The molecule has 0 saturated carbocycles. The van der Waals surface area contributed by atoms with Gasteiger partial charge in [-0.3, -0.25) is 9.78 Å². The Labute approximate surface area is 193 Å². The molecule has 0 aliphatic heterocycles. The van der Waals surface area contributed by atoms with Crippen LogP contribution in [0.4, 0.5) is 5.69 Å². The van der Waals surface area contributed by atoms with E-state index in [1.165, 1.54) is 0 Å². The highest BCUT2D eigenvalue weighted by Crippen LogP contribution is 2.20. The number of rotatable bonds is 5. The molecular weight excluding hydrogens is 416 g/mol. The fourth-order valence-corrected chi connectivity index (χ4v) is 4.14. The van der Waals surface area contributed by atoms with E-state index in [1.54, 1.807) is 6.20 Å². The maximum Gasteiger partial charge on any atom is 0.253 e. The Morgan fingerprint density at radius 3 is 2.62 bits per heavy atom. The first-order chi connectivity index (χ1) is 15.4. The molecule has 0 atom stereocenters. The van der Waals surface area contributed by atoms with E-state index < -0.39 is 0 Å². The highest BCUT2D eigenvalue weighted by Gasteiger charge is 2.15. The molecule has 0 amide bonds. The minimum Gasteiger partial charge on any atom is -0.340 e. The van der Waals surface area contributed by atoms with Gasteiger partial charge in [0.15, 0.2) is 5.11 Å². The van der Waals surface area contributed by atoms with Crippen LogP contribution in [0.2, 0.25) is 0 Å². The third-order valence-corrected chi connectivity index (χ3v) is 5.74. The van der Waals surface area contributed by atoms with Gasteiger partial charge in [-0.2, -0.15) is 0 Å². The van der Waals surface area contributed by atoms with Gasteiger partial charge in [-0.1, -0.05) is 29.8 Å². The maximum absolute atomic E-state index is 12.9. The van der Waals surface area contributed by atoms with Crippen LogP contribution in [0.15, 0.2) is 71.8 Å². The van der Waals surface area contributed by atoms with E-state index in [0.717, 1.165) is 38.8 Å². The lowest BCUT2D eigenvalue weighted by Gasteiger charge is -2.26. The second kappa shape index (κ2) is 9.32. The molecule has 0 spiro atoms. The topological polar surface area (TPSA) is 61.0 Å². The van der Waals surface area contributed by atoms with Crippen molar-refractivity contribution in [3.63, 3.8) is 0 Å². The Balaban J connectivity index is 1.67. The molecule has 2 heterocycles. The number of H-pyrrole nitrogens is 1. The van der Waals surface area contributed by atoms with Crippen molar-refractivity contribution in [2.75, 3.05) is 5.32 Å². The summed E-state index contributed by atoms with van der Waals surface area (Å²) in [6.07, 6.45) is 3.56. The molecule has 4 rings (SSSR count). The van der Waals surface area contributed by atoms with Crippen molar-refractivity contribution in [1.29, 1.82) is 0 Å². The number of hydrogen-bond donors (Lipinski definition) is 2. The summed E-state index contributed by atoms with van der Waals surface area (Å²) in [5, 5.41) is 4.90. The van der Waals surface area contributed by atoms with Gasteiger partial charge >= 0.3 is 0 Å². The number of pyridine rings is 2. The van der Waals surface area contributed by atoms with Crippen molar-refractivity contribution in [2.45, 2.75) is 33.9 Å². The number of aromatic amines is 1. The van der Waals surface area contributed by atoms with Crippen LogP contribution in [0.3, 0.4) is 0 Å². The fraction of sp³-hybridized carbons (Fsp3) is 0.192. The molecule has 0 bridgehead atoms. The van der Waals surface area contributed by atoms with Gasteiger partial charge in [0, 0.05) is 30.2 Å². The molecule has 2 aromatic carbocycles. The molecular formula is C26H26N4OS. The van der Waals surface area contributed by atoms with E-state index in [-0.39, 0.29) is 5.56 Å². The Hall–Kier alpha value is -3.51. The average Bonchev–Trinajstić information content (AvgIpc) is 2.75. The third-order valence-electron chi connectivity index (χ3n) is 5.38. The van der Waals surface area contributed by atoms with Gasteiger partial charge in [0.05, 0.1) is 12.1 Å². The lowest BCUT2D eigenvalue weighted by atomic mass is 10.1. The maximum atomic E-state index is 12.9. The summed E-state index contributed by atoms with van der Waals surface area (Å²) in [7, 11) is 0. The van der Waals surface area contributed by atoms with Gasteiger partial charge in [0.25, 0.3) is 5.56 Å². The number of aryl methyl sites for hydroxylation is 3. The molecule has 4 aromatic rings. The predicted molar refractivity (Wildman–Crippen MR) is 135 cm³/mol. The molecule has 162 valence electrons. The average molecular weight is 443 g/mol. The van der Waals surface area contributed by atoms with Gasteiger partial charge < -0.3 is 15.2 Å². The van der Waals surface area contributed by atoms with Gasteiger partial charge in [-0.05, 0) is 85.4 Å². The van der Waals surface area contributed by atoms with Crippen molar-refractivity contribution in [2.24, 2.45) is 0 Å². The van der Waals surface area contributed by atoms with Gasteiger partial charge in [-0.15, -0.1) is 0 Å². The second-order valence-corrected chi connectivity index (χ2v) is 8.57. The van der Waals surface area contributed by atoms with Crippen LogP contribution in [-0.4, -0.2) is 20.0 Å². The second-order valence-electron chi connectivity index (χ2n) is 8.19. The van der Waals surface area contributed by atoms with Crippen LogP contribution in [0.1, 0.15) is 27.8 Å². The minimum absolute atomic E-state index is 0.0982. The van der Waals surface area contributed by atoms with Gasteiger partial charge in [0.2, 0.25) is 0 Å². The Bertz CT molecular complexity index is 1330. The van der Waals surface area contributed by atoms with Gasteiger partial charge in [-0.25, -0.2) is 0 Å². The van der Waals surface area contributed by atoms with E-state index in [0.29, 0.717) is 23.8 Å². The summed E-state index contributed by atoms with van der Waals surface area (Å²) >= 11 is 5.76. The van der Waals surface area contributed by atoms with Crippen LogP contribution in [-0.2, 0) is 13.1 Å². The molecule has 0 saturated heterocycles. The van der Waals surface area contributed by atoms with Crippen LogP contribution >= 0.6 is 12.2 Å². The Kier molecular flexibility index (Phi) is 6.32. The summed E-state index contributed by atoms with van der Waals surface area (Å²) in [5.74, 6) is 0. The van der Waals surface area contributed by atoms with Crippen LogP contribution < -0.4 is 10.9 Å². The third kappa shape index (κ3) is 5.03. The van der Waals surface area contributed by atoms with Crippen LogP contribution in [0, 0.1) is 20.8 Å². The first kappa shape index (κ1) is 21.7. The number of benzene rings is 2. The molecule has 0 fully saturated rings. The summed E-state index contributed by atoms with van der Waals surface area (Å²) in [4.78, 5) is 22.2. The van der Waals surface area contributed by atoms with Crippen molar-refractivity contribution in [3.8, 4) is 0 Å². The lowest BCUT2D eigenvalue weighted by Crippen LogP contribution is -2.35. The molecule has 32 heavy (non-hydrogen) atoms. The van der Waals surface area contributed by atoms with E-state index >= 15 is 0 Å². The molecule has 2 N–H and O–H groups in total. The van der Waals surface area contributed by atoms with Crippen molar-refractivity contribution < 1.29 is 0 Å². The van der Waals surface area contributed by atoms with E-state index in [2.05, 4.69) is 34.3 Å². The Morgan fingerprint density at radius 2 is 1.88 bits per heavy atom. The number of hydrogen-bond acceptors (Lipinski definition) is 3. The highest BCUT2D eigenvalue weighted by atomic mass is 32.1. The first-order valence-electron chi connectivity index (χ1n) is 10.5. The van der Waals surface area contributed by atoms with E-state index in [9.17, 15) is 4.79 Å². The zero-order valence-corrected chi connectivity index (χ0v) is 19.3. The summed E-state index contributed by atoms with van der Waals surface area (Å²) in [6.45, 7) is 7.04. The largest absolute Gasteiger partial charge is 0.340 e. The predicted octanol–water partition coefficient (Wildman–Crippen LogP) is 5.25. The standard InChI is InChI=1S/C26H26N4OS/c1-17-6-4-8-23(12-17)28-26(32)30(15-20-7-5-9-27-14-20)16-22-13-21-11-18(2)10-19(3)24(21)29-25(22)31/h4-14H,15-16H2,1-3H3,(H,28,32)(H,29,31). The smallest absolute Gasteiger partial charge is 0.253 e. The lowest BCUT2D eigenvalue weighted by molar-refractivity contribution is 0.410. The monoisotopic (exact) mass is 442 g/mol. The zero-order valence-electron chi connectivity index (χ0n) is 18.5. The first-order valence-corrected chi connectivity index (χ1v) is 10.9. The molecule has 6 heteroatoms. The number of nitrogens with zero attached hydrogens (tertiary/aromatic N) is 2. The van der Waals surface area contributed by atoms with Crippen molar-refractivity contribution in [1.82, 2.24) is 14.9 Å². The quantitative estimate of drug-likeness (QED) is 0.414. The normalized spacial score (nSPS) is 10.8. The van der Waals surface area contributed by atoms with Crippen molar-refractivity contribution >= 4 is 33.9 Å². The fourth-order valence-electron chi connectivity index (χ4n) is 3.89. The van der Waals surface area contributed by atoms with E-state index in [1.807, 2.05) is 67.4 Å². The molecule has 0 radical (unpaired) electrons. The number of fused-ring (bicyclic) bond motifs is 1. The van der Waals surface area contributed by atoms with Crippen LogP contribution in [0.25, 0.3) is 10.9 Å². The van der Waals surface area contributed by atoms with E-state index in [4.69, 9.17) is 12.2 Å². The number of nitrogens with one attached hydrogen (secondary N) is 2. The molecule has 0 aliphatic rings. The summed E-state index contributed by atoms with van der Waals surface area (Å²) in [5.41, 5.74) is 6.76. The molecule has 2 aromatic heterocycles. The minimum atomic E-state index is -0.0982. The number of anilines is 1. The Morgan fingerprint density at radius 1 is 1.03 bits per heavy atom. The molecule has 0 aliphatic carbocycles. The molecule has 5 nitrogen and oxygen atoms in total. The number of aromatic nitrogens is 2. The molecule has 0 unspecified atom stereocenters. The SMILES string of the molecule is Cc1cccc(NC(=S)N(Cc2cccnc2)Cc2cc3cc(C)cc(C)c3[nH]c2=O)c1. The highest BCUT2D eigenvalue weighted by molar-refractivity contribution is 7.80. The number of thiocarbonyl (C=S) groups is 1. The van der Waals surface area contributed by atoms with Crippen LogP contribution in [0.5, 0.6) is 0 Å². The zero-order chi connectivity index (χ0) is 22.7.